The van der Waals surface area contributed by atoms with Crippen molar-refractivity contribution in [1.29, 1.82) is 0 Å². The summed E-state index contributed by atoms with van der Waals surface area (Å²) in [4.78, 5) is 0. The van der Waals surface area contributed by atoms with Gasteiger partial charge < -0.3 is 24.8 Å². The van der Waals surface area contributed by atoms with Crippen LogP contribution in [0.5, 0.6) is 0 Å². The number of allylic oxidation sites excluding steroid dienone is 8. The molecule has 0 spiro atoms. The first kappa shape index (κ1) is 24.3. The van der Waals surface area contributed by atoms with Crippen LogP contribution in [0.1, 0.15) is 68.2 Å². The molecular weight excluding hydrogens is 414 g/mol. The fraction of sp³-hybridized carbons (Fsp3) is 0.571. The second-order valence-electron chi connectivity index (χ2n) is 8.94. The number of hydrogen-bond acceptors (Lipinski definition) is 0. The summed E-state index contributed by atoms with van der Waals surface area (Å²) in [7, 11) is 0. The van der Waals surface area contributed by atoms with Gasteiger partial charge in [0.25, 0.3) is 0 Å². The predicted molar refractivity (Wildman–Crippen MR) is 96.8 cm³/mol. The first-order chi connectivity index (χ1) is 10.00. The Labute approximate surface area is 169 Å². The van der Waals surface area contributed by atoms with Crippen molar-refractivity contribution in [1.82, 2.24) is 0 Å². The van der Waals surface area contributed by atoms with Crippen molar-refractivity contribution < 1.29 is 46.1 Å². The molecule has 2 aliphatic carbocycles. The number of rotatable bonds is 2. The van der Waals surface area contributed by atoms with Gasteiger partial charge in [-0.2, -0.15) is 0 Å². The molecule has 0 aromatic rings. The van der Waals surface area contributed by atoms with Crippen molar-refractivity contribution in [2.45, 2.75) is 68.2 Å². The molecular formula is C21H32Cl2Zr. The van der Waals surface area contributed by atoms with Crippen LogP contribution in [0.2, 0.25) is 0 Å². The Morgan fingerprint density at radius 1 is 0.750 bits per heavy atom. The van der Waals surface area contributed by atoms with E-state index in [4.69, 9.17) is 0 Å². The summed E-state index contributed by atoms with van der Waals surface area (Å²) in [6.07, 6.45) is 12.5. The Morgan fingerprint density at radius 3 is 1.29 bits per heavy atom. The zero-order chi connectivity index (χ0) is 16.7. The molecule has 2 rings (SSSR count). The van der Waals surface area contributed by atoms with Gasteiger partial charge in [-0.1, -0.05) is 0 Å². The van der Waals surface area contributed by atoms with E-state index in [0.717, 1.165) is 0 Å². The largest absolute Gasteiger partial charge is 1.00 e. The SMILES string of the molecule is C[C](C)=[Zr+2]([C]1=CC(C(C)(C)C)=CC1)[C]1=CC(C(C)(C)C)=CC1.[Cl-].[Cl-]. The molecule has 0 saturated heterocycles. The molecule has 0 fully saturated rings. The van der Waals surface area contributed by atoms with E-state index >= 15 is 0 Å². The monoisotopic (exact) mass is 444 g/mol. The van der Waals surface area contributed by atoms with E-state index < -0.39 is 21.3 Å². The molecule has 0 aromatic carbocycles. The summed E-state index contributed by atoms with van der Waals surface area (Å²) < 4.78 is 5.27. The average molecular weight is 447 g/mol. The molecule has 0 saturated carbocycles. The topological polar surface area (TPSA) is 0 Å². The van der Waals surface area contributed by atoms with E-state index in [0.29, 0.717) is 0 Å². The molecule has 0 aromatic heterocycles. The third kappa shape index (κ3) is 5.65. The van der Waals surface area contributed by atoms with Gasteiger partial charge in [0.15, 0.2) is 0 Å². The molecule has 0 aliphatic heterocycles. The van der Waals surface area contributed by atoms with Gasteiger partial charge in [-0.05, 0) is 0 Å². The Kier molecular flexibility index (Phi) is 8.90. The first-order valence-corrected chi connectivity index (χ1v) is 12.2. The normalized spacial score (nSPS) is 16.8. The standard InChI is InChI=1S/2C9H13.C3H6.2ClH.Zr/c2*1-9(2,3)8-6-4-5-7-8;1-3-2;;;/h2*6-7H,4H2,1-3H3;1-2H3;2*1H;/q;;;;;+2/p-2. The predicted octanol–water partition coefficient (Wildman–Crippen LogP) is 0.345. The molecule has 0 nitrogen and oxygen atoms in total. The van der Waals surface area contributed by atoms with Gasteiger partial charge in [0.1, 0.15) is 0 Å². The molecule has 24 heavy (non-hydrogen) atoms. The minimum Gasteiger partial charge on any atom is -1.00 e. The van der Waals surface area contributed by atoms with Crippen molar-refractivity contribution >= 4 is 3.21 Å². The van der Waals surface area contributed by atoms with Gasteiger partial charge in [-0.15, -0.1) is 0 Å². The van der Waals surface area contributed by atoms with E-state index in [1.54, 1.807) is 20.9 Å². The molecule has 0 bridgehead atoms. The molecule has 2 aliphatic rings. The van der Waals surface area contributed by atoms with Gasteiger partial charge in [0.2, 0.25) is 0 Å². The zero-order valence-corrected chi connectivity index (χ0v) is 20.4. The molecule has 0 unspecified atom stereocenters. The van der Waals surface area contributed by atoms with Crippen LogP contribution >= 0.6 is 0 Å². The molecule has 0 N–H and O–H groups in total. The fourth-order valence-corrected chi connectivity index (χ4v) is 10.4. The average Bonchev–Trinajstić information content (AvgIpc) is 2.95. The second-order valence-corrected chi connectivity index (χ2v) is 16.4. The smallest absolute Gasteiger partial charge is 1.00 e. The number of halogens is 2. The van der Waals surface area contributed by atoms with E-state index in [9.17, 15) is 0 Å². The Hall–Kier alpha value is 0.293. The summed E-state index contributed by atoms with van der Waals surface area (Å²) >= 11 is -1.77. The van der Waals surface area contributed by atoms with Crippen LogP contribution < -0.4 is 24.8 Å². The maximum absolute atomic E-state index is 2.55. The summed E-state index contributed by atoms with van der Waals surface area (Å²) in [6, 6.07) is 0. The molecule has 134 valence electrons. The van der Waals surface area contributed by atoms with Crippen LogP contribution in [0, 0.1) is 10.8 Å². The minimum absolute atomic E-state index is 0. The van der Waals surface area contributed by atoms with Gasteiger partial charge >= 0.3 is 146 Å². The zero-order valence-electron chi connectivity index (χ0n) is 16.5. The van der Waals surface area contributed by atoms with Crippen molar-refractivity contribution in [2.75, 3.05) is 0 Å². The Balaban J connectivity index is 0.00000264. The van der Waals surface area contributed by atoms with Crippen LogP contribution in [-0.2, 0) is 21.3 Å². The summed E-state index contributed by atoms with van der Waals surface area (Å²) in [5, 5.41) is 0. The number of hydrogen-bond donors (Lipinski definition) is 0. The van der Waals surface area contributed by atoms with Crippen LogP contribution in [0.15, 0.2) is 42.0 Å². The van der Waals surface area contributed by atoms with Gasteiger partial charge in [0.05, 0.1) is 0 Å². The van der Waals surface area contributed by atoms with E-state index in [2.05, 4.69) is 79.7 Å². The molecule has 0 amide bonds. The van der Waals surface area contributed by atoms with Crippen molar-refractivity contribution in [3.8, 4) is 0 Å². The van der Waals surface area contributed by atoms with Crippen LogP contribution in [0.25, 0.3) is 0 Å². The second kappa shape index (κ2) is 8.79. The third-order valence-corrected chi connectivity index (χ3v) is 11.9. The fourth-order valence-electron chi connectivity index (χ4n) is 3.29. The van der Waals surface area contributed by atoms with E-state index in [1.165, 1.54) is 12.8 Å². The van der Waals surface area contributed by atoms with Crippen molar-refractivity contribution in [2.24, 2.45) is 10.8 Å². The molecule has 0 atom stereocenters. The summed E-state index contributed by atoms with van der Waals surface area (Å²) in [5.74, 6) is 0. The summed E-state index contributed by atoms with van der Waals surface area (Å²) in [6.45, 7) is 18.7. The summed E-state index contributed by atoms with van der Waals surface area (Å²) in [5.41, 5.74) is 3.67. The minimum atomic E-state index is -1.77. The Bertz CT molecular complexity index is 576. The van der Waals surface area contributed by atoms with Gasteiger partial charge in [-0.3, -0.25) is 0 Å². The quantitative estimate of drug-likeness (QED) is 0.574. The molecule has 0 heterocycles. The third-order valence-electron chi connectivity index (χ3n) is 4.62. The van der Waals surface area contributed by atoms with Crippen LogP contribution in [0.4, 0.5) is 0 Å². The van der Waals surface area contributed by atoms with Crippen molar-refractivity contribution in [3.63, 3.8) is 0 Å². The maximum Gasteiger partial charge on any atom is -1.00 e. The first-order valence-electron chi connectivity index (χ1n) is 8.51. The van der Waals surface area contributed by atoms with Crippen molar-refractivity contribution in [3.05, 3.63) is 42.0 Å². The molecule has 0 radical (unpaired) electrons. The van der Waals surface area contributed by atoms with Gasteiger partial charge in [-0.25, -0.2) is 0 Å². The van der Waals surface area contributed by atoms with E-state index in [1.807, 2.05) is 0 Å². The maximum atomic E-state index is 2.55. The van der Waals surface area contributed by atoms with Crippen LogP contribution in [0.3, 0.4) is 0 Å². The van der Waals surface area contributed by atoms with E-state index in [-0.39, 0.29) is 35.6 Å². The van der Waals surface area contributed by atoms with Crippen LogP contribution in [-0.4, -0.2) is 3.21 Å². The molecule has 3 heteroatoms. The Morgan fingerprint density at radius 2 is 1.08 bits per heavy atom. The van der Waals surface area contributed by atoms with Gasteiger partial charge in [0, 0.05) is 0 Å².